The number of nitrogens with zero attached hydrogens (tertiary/aromatic N) is 1. The van der Waals surface area contributed by atoms with Crippen molar-refractivity contribution in [2.24, 2.45) is 0 Å². The predicted molar refractivity (Wildman–Crippen MR) is 70.7 cm³/mol. The van der Waals surface area contributed by atoms with Crippen molar-refractivity contribution < 1.29 is 17.8 Å². The van der Waals surface area contributed by atoms with E-state index in [2.05, 4.69) is 10.2 Å². The normalized spacial score (nSPS) is 19.5. The van der Waals surface area contributed by atoms with E-state index in [0.29, 0.717) is 6.54 Å². The summed E-state index contributed by atoms with van der Waals surface area (Å²) in [5, 5.41) is 2.86. The van der Waals surface area contributed by atoms with Gasteiger partial charge in [-0.15, -0.1) is 0 Å². The summed E-state index contributed by atoms with van der Waals surface area (Å²) in [7, 11) is -4.15. The topological polar surface area (TPSA) is 86.7 Å². The summed E-state index contributed by atoms with van der Waals surface area (Å²) in [5.41, 5.74) is 0.875. The molecule has 0 spiro atoms. The van der Waals surface area contributed by atoms with Gasteiger partial charge in [-0.3, -0.25) is 9.35 Å². The van der Waals surface area contributed by atoms with E-state index in [1.807, 2.05) is 0 Å². The van der Waals surface area contributed by atoms with Crippen molar-refractivity contribution in [2.75, 3.05) is 18.0 Å². The van der Waals surface area contributed by atoms with Gasteiger partial charge in [0.05, 0.1) is 4.90 Å². The van der Waals surface area contributed by atoms with Gasteiger partial charge in [-0.05, 0) is 30.7 Å². The third-order valence-corrected chi connectivity index (χ3v) is 3.96. The number of hydrogen-bond acceptors (Lipinski definition) is 4. The van der Waals surface area contributed by atoms with Crippen molar-refractivity contribution in [3.05, 3.63) is 24.3 Å². The van der Waals surface area contributed by atoms with Crippen LogP contribution in [0.5, 0.6) is 0 Å². The second kappa shape index (κ2) is 5.18. The molecular weight excluding hydrogens is 268 g/mol. The highest BCUT2D eigenvalue weighted by Gasteiger charge is 2.23. The number of hydrogen-bond donors (Lipinski definition) is 2. The van der Waals surface area contributed by atoms with E-state index in [4.69, 9.17) is 4.55 Å². The lowest BCUT2D eigenvalue weighted by atomic mass is 10.2. The summed E-state index contributed by atoms with van der Waals surface area (Å²) in [6, 6.07) is 6.17. The molecule has 1 atom stereocenters. The molecule has 1 aliphatic heterocycles. The number of benzene rings is 1. The van der Waals surface area contributed by atoms with Crippen LogP contribution in [-0.4, -0.2) is 38.0 Å². The molecule has 104 valence electrons. The van der Waals surface area contributed by atoms with Crippen molar-refractivity contribution in [3.63, 3.8) is 0 Å². The first-order valence-corrected chi connectivity index (χ1v) is 7.40. The summed E-state index contributed by atoms with van der Waals surface area (Å²) < 4.78 is 30.8. The highest BCUT2D eigenvalue weighted by atomic mass is 32.2. The van der Waals surface area contributed by atoms with Crippen molar-refractivity contribution in [2.45, 2.75) is 24.3 Å². The smallest absolute Gasteiger partial charge is 0.294 e. The zero-order valence-corrected chi connectivity index (χ0v) is 11.4. The molecule has 2 N–H and O–H groups in total. The van der Waals surface area contributed by atoms with Crippen LogP contribution >= 0.6 is 0 Å². The number of anilines is 1. The molecule has 1 fully saturated rings. The molecule has 1 aliphatic rings. The predicted octanol–water partition coefficient (Wildman–Crippen LogP) is 0.648. The number of carbonyl (C=O) groups is 1. The van der Waals surface area contributed by atoms with Crippen molar-refractivity contribution >= 4 is 21.7 Å². The molecule has 0 radical (unpaired) electrons. The minimum atomic E-state index is -4.15. The maximum Gasteiger partial charge on any atom is 0.294 e. The lowest BCUT2D eigenvalue weighted by molar-refractivity contribution is -0.119. The Bertz CT molecular complexity index is 568. The minimum absolute atomic E-state index is 0.0476. The van der Waals surface area contributed by atoms with E-state index in [1.54, 1.807) is 12.1 Å². The Labute approximate surface area is 112 Å². The molecule has 0 aliphatic carbocycles. The summed E-state index contributed by atoms with van der Waals surface area (Å²) in [4.78, 5) is 12.9. The molecule has 19 heavy (non-hydrogen) atoms. The average Bonchev–Trinajstić information content (AvgIpc) is 2.75. The number of rotatable bonds is 3. The van der Waals surface area contributed by atoms with Gasteiger partial charge in [0.25, 0.3) is 10.1 Å². The molecule has 0 aromatic heterocycles. The van der Waals surface area contributed by atoms with Crippen LogP contribution in [0.15, 0.2) is 29.2 Å². The van der Waals surface area contributed by atoms with E-state index >= 15 is 0 Å². The molecule has 2 rings (SSSR count). The standard InChI is InChI=1S/C12H16N2O4S/c1-9(15)13-10-6-7-14(8-10)11-2-4-12(5-3-11)19(16,17)18/h2-5,10H,6-8H2,1H3,(H,13,15)(H,16,17,18). The van der Waals surface area contributed by atoms with E-state index in [0.717, 1.165) is 18.7 Å². The molecular formula is C12H16N2O4S. The van der Waals surface area contributed by atoms with E-state index in [-0.39, 0.29) is 16.8 Å². The van der Waals surface area contributed by atoms with Gasteiger partial charge in [0.1, 0.15) is 0 Å². The van der Waals surface area contributed by atoms with Crippen LogP contribution < -0.4 is 10.2 Å². The second-order valence-corrected chi connectivity index (χ2v) is 6.02. The molecule has 0 saturated carbocycles. The Morgan fingerprint density at radius 3 is 2.53 bits per heavy atom. The fourth-order valence-electron chi connectivity index (χ4n) is 2.23. The molecule has 1 aromatic carbocycles. The van der Waals surface area contributed by atoms with E-state index < -0.39 is 10.1 Å². The van der Waals surface area contributed by atoms with Gasteiger partial charge in [0.2, 0.25) is 5.91 Å². The van der Waals surface area contributed by atoms with Crippen LogP contribution in [0.3, 0.4) is 0 Å². The third-order valence-electron chi connectivity index (χ3n) is 3.10. The molecule has 7 heteroatoms. The first-order valence-electron chi connectivity index (χ1n) is 5.96. The Morgan fingerprint density at radius 2 is 2.00 bits per heavy atom. The number of amides is 1. The van der Waals surface area contributed by atoms with Gasteiger partial charge in [-0.1, -0.05) is 0 Å². The summed E-state index contributed by atoms with van der Waals surface area (Å²) in [6.07, 6.45) is 0.861. The monoisotopic (exact) mass is 284 g/mol. The fourth-order valence-corrected chi connectivity index (χ4v) is 2.71. The van der Waals surface area contributed by atoms with Gasteiger partial charge in [0, 0.05) is 31.7 Å². The van der Waals surface area contributed by atoms with Crippen LogP contribution in [-0.2, 0) is 14.9 Å². The summed E-state index contributed by atoms with van der Waals surface area (Å²) in [5.74, 6) is -0.0476. The van der Waals surface area contributed by atoms with Gasteiger partial charge in [0.15, 0.2) is 0 Å². The maximum absolute atomic E-state index is 11.0. The molecule has 1 saturated heterocycles. The lowest BCUT2D eigenvalue weighted by Crippen LogP contribution is -2.35. The Balaban J connectivity index is 2.06. The van der Waals surface area contributed by atoms with Crippen molar-refractivity contribution in [3.8, 4) is 0 Å². The average molecular weight is 284 g/mol. The molecule has 1 aromatic rings. The maximum atomic E-state index is 11.0. The highest BCUT2D eigenvalue weighted by Crippen LogP contribution is 2.22. The fraction of sp³-hybridized carbons (Fsp3) is 0.417. The Morgan fingerprint density at radius 1 is 1.37 bits per heavy atom. The van der Waals surface area contributed by atoms with Gasteiger partial charge in [-0.25, -0.2) is 0 Å². The molecule has 1 heterocycles. The van der Waals surface area contributed by atoms with Crippen LogP contribution in [0.2, 0.25) is 0 Å². The van der Waals surface area contributed by atoms with Gasteiger partial charge in [-0.2, -0.15) is 8.42 Å². The van der Waals surface area contributed by atoms with Crippen LogP contribution in [0.4, 0.5) is 5.69 Å². The molecule has 6 nitrogen and oxygen atoms in total. The second-order valence-electron chi connectivity index (χ2n) is 4.60. The SMILES string of the molecule is CC(=O)NC1CCN(c2ccc(S(=O)(=O)O)cc2)C1. The summed E-state index contributed by atoms with van der Waals surface area (Å²) >= 11 is 0. The zero-order valence-electron chi connectivity index (χ0n) is 10.5. The van der Waals surface area contributed by atoms with Gasteiger partial charge >= 0.3 is 0 Å². The number of nitrogens with one attached hydrogen (secondary N) is 1. The largest absolute Gasteiger partial charge is 0.369 e. The third kappa shape index (κ3) is 3.45. The number of carbonyl (C=O) groups excluding carboxylic acids is 1. The van der Waals surface area contributed by atoms with E-state index in [9.17, 15) is 13.2 Å². The Hall–Kier alpha value is -1.60. The first-order chi connectivity index (χ1) is 8.86. The molecule has 1 amide bonds. The highest BCUT2D eigenvalue weighted by molar-refractivity contribution is 7.85. The van der Waals surface area contributed by atoms with Crippen LogP contribution in [0.25, 0.3) is 0 Å². The van der Waals surface area contributed by atoms with Crippen LogP contribution in [0, 0.1) is 0 Å². The quantitative estimate of drug-likeness (QED) is 0.796. The minimum Gasteiger partial charge on any atom is -0.369 e. The molecule has 0 bridgehead atoms. The zero-order chi connectivity index (χ0) is 14.0. The molecule has 1 unspecified atom stereocenters. The lowest BCUT2D eigenvalue weighted by Gasteiger charge is -2.19. The van der Waals surface area contributed by atoms with Crippen molar-refractivity contribution in [1.29, 1.82) is 0 Å². The van der Waals surface area contributed by atoms with Crippen molar-refractivity contribution in [1.82, 2.24) is 5.32 Å². The summed E-state index contributed by atoms with van der Waals surface area (Å²) in [6.45, 7) is 2.99. The van der Waals surface area contributed by atoms with E-state index in [1.165, 1.54) is 19.1 Å². The van der Waals surface area contributed by atoms with Crippen LogP contribution in [0.1, 0.15) is 13.3 Å². The van der Waals surface area contributed by atoms with Gasteiger partial charge < -0.3 is 10.2 Å². The Kier molecular flexibility index (Phi) is 3.77. The first kappa shape index (κ1) is 13.8.